The molecule has 1 fully saturated rings. The first-order valence-electron chi connectivity index (χ1n) is 14.3. The van der Waals surface area contributed by atoms with E-state index in [0.29, 0.717) is 6.42 Å². The molecule has 4 rings (SSSR count). The maximum atomic E-state index is 13.1. The van der Waals surface area contributed by atoms with Crippen LogP contribution in [0.1, 0.15) is 58.1 Å². The van der Waals surface area contributed by atoms with Gasteiger partial charge in [-0.25, -0.2) is 9.59 Å². The molecule has 41 heavy (non-hydrogen) atoms. The predicted octanol–water partition coefficient (Wildman–Crippen LogP) is 5.88. The number of benzene rings is 3. The minimum Gasteiger partial charge on any atom is -0.445 e. The number of hydrogen-bond acceptors (Lipinski definition) is 5. The molecule has 3 amide bonds. The van der Waals surface area contributed by atoms with Crippen molar-refractivity contribution in [3.63, 3.8) is 0 Å². The van der Waals surface area contributed by atoms with Crippen LogP contribution in [0.2, 0.25) is 0 Å². The molecule has 3 N–H and O–H groups in total. The molecule has 0 unspecified atom stereocenters. The maximum absolute atomic E-state index is 13.1. The van der Waals surface area contributed by atoms with E-state index < -0.39 is 23.8 Å². The highest BCUT2D eigenvalue weighted by atomic mass is 16.6. The lowest BCUT2D eigenvalue weighted by atomic mass is 9.96. The number of fused-ring (bicyclic) bond motifs is 1. The van der Waals surface area contributed by atoms with Gasteiger partial charge in [0.05, 0.1) is 0 Å². The summed E-state index contributed by atoms with van der Waals surface area (Å²) in [7, 11) is 0. The molecule has 0 saturated heterocycles. The zero-order valence-electron chi connectivity index (χ0n) is 24.3. The van der Waals surface area contributed by atoms with Crippen LogP contribution in [0, 0.1) is 5.92 Å². The van der Waals surface area contributed by atoms with E-state index in [1.807, 2.05) is 63.2 Å². The van der Waals surface area contributed by atoms with E-state index in [0.717, 1.165) is 24.8 Å². The van der Waals surface area contributed by atoms with Crippen LogP contribution >= 0.6 is 0 Å². The molecular weight excluding hydrogens is 518 g/mol. The fourth-order valence-electron chi connectivity index (χ4n) is 4.93. The van der Waals surface area contributed by atoms with E-state index in [1.54, 1.807) is 6.92 Å². The Bertz CT molecular complexity index is 1330. The monoisotopic (exact) mass is 559 g/mol. The molecule has 1 saturated carbocycles. The van der Waals surface area contributed by atoms with Crippen molar-refractivity contribution in [1.29, 1.82) is 0 Å². The average molecular weight is 560 g/mol. The van der Waals surface area contributed by atoms with Crippen LogP contribution in [-0.2, 0) is 27.3 Å². The smallest absolute Gasteiger partial charge is 0.408 e. The van der Waals surface area contributed by atoms with Crippen molar-refractivity contribution in [3.05, 3.63) is 83.9 Å². The van der Waals surface area contributed by atoms with Crippen molar-refractivity contribution in [3.8, 4) is 0 Å². The van der Waals surface area contributed by atoms with Crippen LogP contribution < -0.4 is 16.0 Å². The molecule has 0 spiro atoms. The standard InChI is InChI=1S/C33H41N3O5/c1-22(34-31(38)40-21-23-11-6-5-7-12-23)30(37)35-27(19-26-20-29(26)36-32(39)41-33(2,3)4)18-17-25-15-10-14-24-13-8-9-16-28(24)25/h5-16,22,26-27,29H,17-21H2,1-4H3,(H,34,38)(H,35,37)(H,36,39)/t22-,26+,27+,29-/m0/s1. The predicted molar refractivity (Wildman–Crippen MR) is 159 cm³/mol. The van der Waals surface area contributed by atoms with Gasteiger partial charge in [-0.15, -0.1) is 0 Å². The molecule has 1 aliphatic rings. The highest BCUT2D eigenvalue weighted by Gasteiger charge is 2.41. The first-order valence-corrected chi connectivity index (χ1v) is 14.3. The molecule has 1 aliphatic carbocycles. The Morgan fingerprint density at radius 1 is 0.902 bits per heavy atom. The van der Waals surface area contributed by atoms with Gasteiger partial charge in [-0.2, -0.15) is 0 Å². The Labute approximate surface area is 242 Å². The molecule has 4 atom stereocenters. The van der Waals surface area contributed by atoms with Crippen LogP contribution in [0.15, 0.2) is 72.8 Å². The van der Waals surface area contributed by atoms with Gasteiger partial charge in [0.25, 0.3) is 0 Å². The summed E-state index contributed by atoms with van der Waals surface area (Å²) in [4.78, 5) is 37.7. The third-order valence-electron chi connectivity index (χ3n) is 7.14. The molecule has 0 radical (unpaired) electrons. The number of hydrogen-bond donors (Lipinski definition) is 3. The summed E-state index contributed by atoms with van der Waals surface area (Å²) in [5.74, 6) is -0.0404. The molecule has 3 aromatic carbocycles. The second kappa shape index (κ2) is 13.5. The Balaban J connectivity index is 1.34. The van der Waals surface area contributed by atoms with Gasteiger partial charge in [0.15, 0.2) is 0 Å². The summed E-state index contributed by atoms with van der Waals surface area (Å²) in [5.41, 5.74) is 1.53. The first kappa shape index (κ1) is 29.9. The van der Waals surface area contributed by atoms with Gasteiger partial charge >= 0.3 is 12.2 Å². The van der Waals surface area contributed by atoms with Crippen molar-refractivity contribution in [2.24, 2.45) is 5.92 Å². The minimum absolute atomic E-state index is 0.0188. The van der Waals surface area contributed by atoms with Gasteiger partial charge < -0.3 is 25.4 Å². The molecule has 0 aromatic heterocycles. The van der Waals surface area contributed by atoms with Gasteiger partial charge in [0, 0.05) is 12.1 Å². The minimum atomic E-state index is -0.770. The SMILES string of the molecule is C[C@H](NC(=O)OCc1ccccc1)C(=O)N[C@H](CCc1cccc2ccccc12)C[C@@H]1C[C@@H]1NC(=O)OC(C)(C)C. The molecule has 0 bridgehead atoms. The lowest BCUT2D eigenvalue weighted by Gasteiger charge is -2.23. The molecular formula is C33H41N3O5. The van der Waals surface area contributed by atoms with E-state index in [9.17, 15) is 14.4 Å². The zero-order chi connectivity index (χ0) is 29.4. The summed E-state index contributed by atoms with van der Waals surface area (Å²) >= 11 is 0. The molecule has 8 heteroatoms. The van der Waals surface area contributed by atoms with Crippen LogP contribution in [-0.4, -0.2) is 41.8 Å². The van der Waals surface area contributed by atoms with E-state index >= 15 is 0 Å². The summed E-state index contributed by atoms with van der Waals surface area (Å²) in [6.45, 7) is 7.28. The summed E-state index contributed by atoms with van der Waals surface area (Å²) in [6, 6.07) is 23.0. The largest absolute Gasteiger partial charge is 0.445 e. The third-order valence-corrected chi connectivity index (χ3v) is 7.14. The van der Waals surface area contributed by atoms with Crippen molar-refractivity contribution in [1.82, 2.24) is 16.0 Å². The Hall–Kier alpha value is -4.07. The van der Waals surface area contributed by atoms with Crippen LogP contribution in [0.25, 0.3) is 10.8 Å². The lowest BCUT2D eigenvalue weighted by Crippen LogP contribution is -2.48. The molecule has 8 nitrogen and oxygen atoms in total. The highest BCUT2D eigenvalue weighted by molar-refractivity contribution is 5.86. The van der Waals surface area contributed by atoms with Gasteiger partial charge in [-0.1, -0.05) is 72.8 Å². The zero-order valence-corrected chi connectivity index (χ0v) is 24.3. The second-order valence-electron chi connectivity index (χ2n) is 11.8. The van der Waals surface area contributed by atoms with E-state index in [-0.39, 0.29) is 30.5 Å². The normalized spacial score (nSPS) is 17.7. The maximum Gasteiger partial charge on any atom is 0.408 e. The number of rotatable bonds is 11. The Kier molecular flexibility index (Phi) is 9.86. The quantitative estimate of drug-likeness (QED) is 0.272. The van der Waals surface area contributed by atoms with Crippen LogP contribution in [0.3, 0.4) is 0 Å². The van der Waals surface area contributed by atoms with Gasteiger partial charge in [0.2, 0.25) is 5.91 Å². The van der Waals surface area contributed by atoms with Gasteiger partial charge in [-0.3, -0.25) is 4.79 Å². The number of nitrogens with one attached hydrogen (secondary N) is 3. The molecule has 218 valence electrons. The number of aryl methyl sites for hydroxylation is 1. The van der Waals surface area contributed by atoms with Crippen LogP contribution in [0.4, 0.5) is 9.59 Å². The third kappa shape index (κ3) is 9.52. The Morgan fingerprint density at radius 3 is 2.37 bits per heavy atom. The second-order valence-corrected chi connectivity index (χ2v) is 11.8. The Morgan fingerprint density at radius 2 is 1.61 bits per heavy atom. The van der Waals surface area contributed by atoms with Crippen molar-refractivity contribution in [2.45, 2.75) is 83.7 Å². The number of ether oxygens (including phenoxy) is 2. The highest BCUT2D eigenvalue weighted by Crippen LogP contribution is 2.36. The van der Waals surface area contributed by atoms with Gasteiger partial charge in [-0.05, 0) is 81.2 Å². The summed E-state index contributed by atoms with van der Waals surface area (Å²) in [5, 5.41) is 11.1. The van der Waals surface area contributed by atoms with Crippen molar-refractivity contribution < 1.29 is 23.9 Å². The number of carbonyl (C=O) groups is 3. The number of alkyl carbamates (subject to hydrolysis) is 2. The molecule has 0 heterocycles. The van der Waals surface area contributed by atoms with Crippen molar-refractivity contribution in [2.75, 3.05) is 0 Å². The fourth-order valence-corrected chi connectivity index (χ4v) is 4.93. The lowest BCUT2D eigenvalue weighted by molar-refractivity contribution is -0.123. The number of carbonyl (C=O) groups excluding carboxylic acids is 3. The van der Waals surface area contributed by atoms with E-state index in [4.69, 9.17) is 9.47 Å². The summed E-state index contributed by atoms with van der Waals surface area (Å²) in [6.07, 6.45) is 1.98. The van der Waals surface area contributed by atoms with Crippen LogP contribution in [0.5, 0.6) is 0 Å². The fraction of sp³-hybridized carbons (Fsp3) is 0.424. The number of amides is 3. The topological polar surface area (TPSA) is 106 Å². The van der Waals surface area contributed by atoms with Crippen molar-refractivity contribution >= 4 is 28.9 Å². The van der Waals surface area contributed by atoms with E-state index in [2.05, 4.69) is 46.3 Å². The summed E-state index contributed by atoms with van der Waals surface area (Å²) < 4.78 is 10.7. The first-order chi connectivity index (χ1) is 19.6. The van der Waals surface area contributed by atoms with Gasteiger partial charge in [0.1, 0.15) is 18.2 Å². The average Bonchev–Trinajstić information content (AvgIpc) is 3.66. The molecule has 3 aromatic rings. The molecule has 0 aliphatic heterocycles. The van der Waals surface area contributed by atoms with E-state index in [1.165, 1.54) is 16.3 Å².